The monoisotopic (exact) mass is 304 g/mol. The summed E-state index contributed by atoms with van der Waals surface area (Å²) in [5.41, 5.74) is 5.95. The maximum Gasteiger partial charge on any atom is 0.240 e. The van der Waals surface area contributed by atoms with Crippen molar-refractivity contribution < 1.29 is 9.18 Å². The molecule has 0 unspecified atom stereocenters. The van der Waals surface area contributed by atoms with E-state index in [0.29, 0.717) is 12.3 Å². The Kier molecular flexibility index (Phi) is 6.66. The van der Waals surface area contributed by atoms with Crippen molar-refractivity contribution in [3.63, 3.8) is 0 Å². The molecule has 0 bridgehead atoms. The fraction of sp³-hybridized carbons (Fsp3) is 0.846. The van der Waals surface area contributed by atoms with E-state index >= 15 is 0 Å². The Morgan fingerprint density at radius 3 is 2.75 bits per heavy atom. The van der Waals surface area contributed by atoms with E-state index in [1.54, 1.807) is 0 Å². The third kappa shape index (κ3) is 4.05. The molecule has 2 aliphatic heterocycles. The van der Waals surface area contributed by atoms with Crippen molar-refractivity contribution in [2.45, 2.75) is 43.9 Å². The lowest BCUT2D eigenvalue weighted by atomic mass is 9.91. The molecule has 0 spiro atoms. The van der Waals surface area contributed by atoms with Crippen LogP contribution < -0.4 is 11.1 Å². The summed E-state index contributed by atoms with van der Waals surface area (Å²) in [7, 11) is 0. The van der Waals surface area contributed by atoms with Gasteiger partial charge in [-0.1, -0.05) is 0 Å². The van der Waals surface area contributed by atoms with Gasteiger partial charge in [0.25, 0.3) is 0 Å². The van der Waals surface area contributed by atoms with Crippen molar-refractivity contribution in [3.05, 3.63) is 0 Å². The molecule has 0 aromatic carbocycles. The Bertz CT molecular complexity index is 370. The van der Waals surface area contributed by atoms with E-state index in [1.807, 2.05) is 6.07 Å². The number of carbonyl (C=O) groups excluding carboxylic acids is 1. The average molecular weight is 305 g/mol. The summed E-state index contributed by atoms with van der Waals surface area (Å²) in [5, 5.41) is 12.2. The first kappa shape index (κ1) is 17.2. The van der Waals surface area contributed by atoms with Gasteiger partial charge in [0.05, 0.1) is 18.7 Å². The van der Waals surface area contributed by atoms with Gasteiger partial charge in [-0.2, -0.15) is 5.26 Å². The average Bonchev–Trinajstić information content (AvgIpc) is 2.80. The Morgan fingerprint density at radius 2 is 2.15 bits per heavy atom. The largest absolute Gasteiger partial charge is 0.322 e. The van der Waals surface area contributed by atoms with Crippen LogP contribution in [0.15, 0.2) is 0 Å². The van der Waals surface area contributed by atoms with Gasteiger partial charge >= 0.3 is 0 Å². The summed E-state index contributed by atoms with van der Waals surface area (Å²) in [6, 6.07) is 0.725. The SMILES string of the molecule is Cl.N#C[C@@H]1C[C@H](F)CN1C(=O)[C@@H](N)CC1CCNCC1. The molecule has 2 rings (SSSR count). The van der Waals surface area contributed by atoms with Crippen molar-refractivity contribution in [1.82, 2.24) is 10.2 Å². The minimum atomic E-state index is -1.10. The van der Waals surface area contributed by atoms with Gasteiger partial charge in [0.15, 0.2) is 0 Å². The highest BCUT2D eigenvalue weighted by Crippen LogP contribution is 2.23. The predicted molar refractivity (Wildman–Crippen MR) is 76.1 cm³/mol. The summed E-state index contributed by atoms with van der Waals surface area (Å²) in [5.74, 6) is 0.176. The first-order valence-corrected chi connectivity index (χ1v) is 6.92. The van der Waals surface area contributed by atoms with Gasteiger partial charge in [0.2, 0.25) is 5.91 Å². The number of nitrogens with one attached hydrogen (secondary N) is 1. The van der Waals surface area contributed by atoms with E-state index in [-0.39, 0.29) is 31.3 Å². The molecule has 2 heterocycles. The number of hydrogen-bond acceptors (Lipinski definition) is 4. The van der Waals surface area contributed by atoms with Crippen LogP contribution in [-0.2, 0) is 4.79 Å². The molecule has 2 aliphatic rings. The number of halogens is 2. The zero-order chi connectivity index (χ0) is 13.8. The van der Waals surface area contributed by atoms with Crippen molar-refractivity contribution in [2.75, 3.05) is 19.6 Å². The van der Waals surface area contributed by atoms with E-state index in [0.717, 1.165) is 25.9 Å². The maximum absolute atomic E-state index is 13.3. The van der Waals surface area contributed by atoms with Gasteiger partial charge in [0.1, 0.15) is 12.2 Å². The Labute approximate surface area is 125 Å². The number of amides is 1. The number of nitrogens with zero attached hydrogens (tertiary/aromatic N) is 2. The van der Waals surface area contributed by atoms with Crippen molar-refractivity contribution >= 4 is 18.3 Å². The molecular weight excluding hydrogens is 283 g/mol. The molecular formula is C13H22ClFN4O. The Hall–Kier alpha value is -0.900. The van der Waals surface area contributed by atoms with Crippen LogP contribution in [0.3, 0.4) is 0 Å². The second kappa shape index (κ2) is 7.77. The van der Waals surface area contributed by atoms with Crippen molar-refractivity contribution in [2.24, 2.45) is 11.7 Å². The third-order valence-corrected chi connectivity index (χ3v) is 4.05. The molecule has 0 aromatic heterocycles. The third-order valence-electron chi connectivity index (χ3n) is 4.05. The van der Waals surface area contributed by atoms with Crippen LogP contribution in [0.4, 0.5) is 4.39 Å². The standard InChI is InChI=1S/C13H21FN4O.ClH/c14-10-6-11(7-15)18(8-10)13(19)12(16)5-9-1-3-17-4-2-9;/h9-12,17H,1-6,8,16H2;1H/t10-,11-,12-;/m0./s1. The molecule has 2 saturated heterocycles. The lowest BCUT2D eigenvalue weighted by Crippen LogP contribution is -2.47. The fourth-order valence-electron chi connectivity index (χ4n) is 2.94. The number of alkyl halides is 1. The van der Waals surface area contributed by atoms with E-state index in [1.165, 1.54) is 4.90 Å². The van der Waals surface area contributed by atoms with Crippen LogP contribution in [0, 0.1) is 17.2 Å². The lowest BCUT2D eigenvalue weighted by molar-refractivity contribution is -0.133. The van der Waals surface area contributed by atoms with Gasteiger partial charge in [-0.15, -0.1) is 12.4 Å². The van der Waals surface area contributed by atoms with Gasteiger partial charge in [-0.3, -0.25) is 4.79 Å². The molecule has 1 amide bonds. The van der Waals surface area contributed by atoms with Crippen molar-refractivity contribution in [3.8, 4) is 6.07 Å². The summed E-state index contributed by atoms with van der Waals surface area (Å²) in [4.78, 5) is 13.5. The number of carbonyl (C=O) groups is 1. The fourth-order valence-corrected chi connectivity index (χ4v) is 2.94. The van der Waals surface area contributed by atoms with Gasteiger partial charge < -0.3 is 16.0 Å². The zero-order valence-corrected chi connectivity index (χ0v) is 12.2. The number of nitriles is 1. The molecule has 0 radical (unpaired) electrons. The molecule has 3 atom stereocenters. The second-order valence-corrected chi connectivity index (χ2v) is 5.50. The van der Waals surface area contributed by atoms with Crippen LogP contribution in [0.1, 0.15) is 25.7 Å². The molecule has 3 N–H and O–H groups in total. The van der Waals surface area contributed by atoms with Crippen LogP contribution >= 0.6 is 12.4 Å². The van der Waals surface area contributed by atoms with Crippen LogP contribution in [-0.4, -0.2) is 48.7 Å². The first-order chi connectivity index (χ1) is 9.11. The molecule has 7 heteroatoms. The van der Waals surface area contributed by atoms with Crippen LogP contribution in [0.2, 0.25) is 0 Å². The van der Waals surface area contributed by atoms with E-state index in [9.17, 15) is 9.18 Å². The summed E-state index contributed by atoms with van der Waals surface area (Å²) in [6.45, 7) is 1.93. The topological polar surface area (TPSA) is 82.2 Å². The number of piperidine rings is 1. The highest BCUT2D eigenvalue weighted by Gasteiger charge is 2.37. The molecule has 5 nitrogen and oxygen atoms in total. The lowest BCUT2D eigenvalue weighted by Gasteiger charge is -2.28. The molecule has 0 aromatic rings. The van der Waals surface area contributed by atoms with E-state index in [4.69, 9.17) is 11.0 Å². The minimum absolute atomic E-state index is 0. The Balaban J connectivity index is 0.00000200. The number of rotatable bonds is 3. The molecule has 0 aliphatic carbocycles. The van der Waals surface area contributed by atoms with E-state index < -0.39 is 18.3 Å². The summed E-state index contributed by atoms with van der Waals surface area (Å²) in [6.07, 6.45) is 1.69. The second-order valence-electron chi connectivity index (χ2n) is 5.50. The number of hydrogen-bond donors (Lipinski definition) is 2. The highest BCUT2D eigenvalue weighted by atomic mass is 35.5. The Morgan fingerprint density at radius 1 is 1.50 bits per heavy atom. The molecule has 0 saturated carbocycles. The van der Waals surface area contributed by atoms with Gasteiger partial charge in [-0.05, 0) is 38.3 Å². The summed E-state index contributed by atoms with van der Waals surface area (Å²) < 4.78 is 13.3. The molecule has 20 heavy (non-hydrogen) atoms. The van der Waals surface area contributed by atoms with Gasteiger partial charge in [-0.25, -0.2) is 4.39 Å². The number of nitrogens with two attached hydrogens (primary N) is 1. The quantitative estimate of drug-likeness (QED) is 0.799. The van der Waals surface area contributed by atoms with Crippen LogP contribution in [0.25, 0.3) is 0 Å². The summed E-state index contributed by atoms with van der Waals surface area (Å²) >= 11 is 0. The molecule has 2 fully saturated rings. The predicted octanol–water partition coefficient (Wildman–Crippen LogP) is 0.588. The number of likely N-dealkylation sites (tertiary alicyclic amines) is 1. The first-order valence-electron chi connectivity index (χ1n) is 6.92. The zero-order valence-electron chi connectivity index (χ0n) is 11.4. The smallest absolute Gasteiger partial charge is 0.240 e. The van der Waals surface area contributed by atoms with Crippen molar-refractivity contribution in [1.29, 1.82) is 5.26 Å². The maximum atomic E-state index is 13.3. The highest BCUT2D eigenvalue weighted by molar-refractivity contribution is 5.85. The molecule has 114 valence electrons. The normalized spacial score (nSPS) is 28.6. The minimum Gasteiger partial charge on any atom is -0.322 e. The van der Waals surface area contributed by atoms with Gasteiger partial charge in [0, 0.05) is 6.42 Å². The van der Waals surface area contributed by atoms with Crippen LogP contribution in [0.5, 0.6) is 0 Å². The van der Waals surface area contributed by atoms with E-state index in [2.05, 4.69) is 5.32 Å².